The van der Waals surface area contributed by atoms with Crippen molar-refractivity contribution >= 4 is 11.8 Å². The molecule has 24 heavy (non-hydrogen) atoms. The average molecular weight is 334 g/mol. The zero-order valence-corrected chi connectivity index (χ0v) is 15.6. The normalized spacial score (nSPS) is 12.8. The molecule has 0 saturated carbocycles. The molecule has 0 aliphatic heterocycles. The van der Waals surface area contributed by atoms with Crippen LogP contribution in [-0.4, -0.2) is 38.1 Å². The first kappa shape index (κ1) is 20.2. The molecule has 5 heteroatoms. The fraction of sp³-hybridized carbons (Fsp3) is 0.579. The van der Waals surface area contributed by atoms with Gasteiger partial charge in [-0.25, -0.2) is 0 Å². The lowest BCUT2D eigenvalue weighted by Gasteiger charge is -2.22. The first-order valence-electron chi connectivity index (χ1n) is 8.35. The summed E-state index contributed by atoms with van der Waals surface area (Å²) in [5.74, 6) is -0.442. The molecular formula is C19H30N2O3. The predicted octanol–water partition coefficient (Wildman–Crippen LogP) is 2.50. The van der Waals surface area contributed by atoms with Gasteiger partial charge < -0.3 is 15.4 Å². The van der Waals surface area contributed by atoms with Crippen molar-refractivity contribution in [1.82, 2.24) is 10.6 Å². The van der Waals surface area contributed by atoms with Gasteiger partial charge >= 0.3 is 0 Å². The summed E-state index contributed by atoms with van der Waals surface area (Å²) in [6, 6.07) is 6.94. The van der Waals surface area contributed by atoms with Gasteiger partial charge in [-0.3, -0.25) is 9.59 Å². The van der Waals surface area contributed by atoms with Crippen LogP contribution in [0.2, 0.25) is 0 Å². The molecule has 0 radical (unpaired) electrons. The first-order valence-corrected chi connectivity index (χ1v) is 8.35. The van der Waals surface area contributed by atoms with Crippen molar-refractivity contribution in [2.75, 3.05) is 20.3 Å². The number of hydrogen-bond acceptors (Lipinski definition) is 3. The van der Waals surface area contributed by atoms with Gasteiger partial charge in [-0.15, -0.1) is 0 Å². The molecule has 0 heterocycles. The summed E-state index contributed by atoms with van der Waals surface area (Å²) >= 11 is 0. The largest absolute Gasteiger partial charge is 0.383 e. The average Bonchev–Trinajstić information content (AvgIpc) is 2.51. The van der Waals surface area contributed by atoms with E-state index in [1.54, 1.807) is 19.2 Å². The lowest BCUT2D eigenvalue weighted by molar-refractivity contribution is -0.124. The zero-order chi connectivity index (χ0) is 18.3. The number of carbonyl (C=O) groups excluding carboxylic acids is 2. The van der Waals surface area contributed by atoms with E-state index in [0.29, 0.717) is 18.7 Å². The standard InChI is InChI=1S/C19H30N2O3/c1-13(2)16(18(23)20-11-12-24-6)21-17(22)14-7-9-15(10-8-14)19(3,4)5/h7-10,13,16H,11-12H2,1-6H3,(H,20,23)(H,21,22)/t16-/m1/s1. The van der Waals surface area contributed by atoms with Crippen LogP contribution in [0.5, 0.6) is 0 Å². The molecule has 0 aliphatic rings. The highest BCUT2D eigenvalue weighted by Crippen LogP contribution is 2.22. The summed E-state index contributed by atoms with van der Waals surface area (Å²) in [5.41, 5.74) is 1.76. The van der Waals surface area contributed by atoms with Crippen LogP contribution in [0, 0.1) is 5.92 Å². The topological polar surface area (TPSA) is 67.4 Å². The summed E-state index contributed by atoms with van der Waals surface area (Å²) in [6.07, 6.45) is 0. The summed E-state index contributed by atoms with van der Waals surface area (Å²) in [6.45, 7) is 11.1. The minimum absolute atomic E-state index is 0.00894. The van der Waals surface area contributed by atoms with Gasteiger partial charge in [-0.05, 0) is 29.0 Å². The second-order valence-electron chi connectivity index (χ2n) is 7.31. The molecule has 1 aromatic rings. The van der Waals surface area contributed by atoms with E-state index in [2.05, 4.69) is 31.4 Å². The highest BCUT2D eigenvalue weighted by molar-refractivity contribution is 5.97. The van der Waals surface area contributed by atoms with Crippen LogP contribution in [0.15, 0.2) is 24.3 Å². The van der Waals surface area contributed by atoms with Crippen LogP contribution in [0.4, 0.5) is 0 Å². The van der Waals surface area contributed by atoms with Gasteiger partial charge in [0.15, 0.2) is 0 Å². The number of carbonyl (C=O) groups is 2. The van der Waals surface area contributed by atoms with Crippen LogP contribution in [0.3, 0.4) is 0 Å². The summed E-state index contributed by atoms with van der Waals surface area (Å²) in [7, 11) is 1.58. The van der Waals surface area contributed by atoms with Crippen molar-refractivity contribution in [2.24, 2.45) is 5.92 Å². The second-order valence-corrected chi connectivity index (χ2v) is 7.31. The van der Waals surface area contributed by atoms with Crippen molar-refractivity contribution in [3.8, 4) is 0 Å². The predicted molar refractivity (Wildman–Crippen MR) is 96.1 cm³/mol. The minimum Gasteiger partial charge on any atom is -0.383 e. The Morgan fingerprint density at radius 2 is 1.71 bits per heavy atom. The molecule has 0 fully saturated rings. The van der Waals surface area contributed by atoms with Crippen LogP contribution in [0.1, 0.15) is 50.5 Å². The Hall–Kier alpha value is -1.88. The van der Waals surface area contributed by atoms with Crippen LogP contribution < -0.4 is 10.6 Å². The van der Waals surface area contributed by atoms with E-state index in [1.165, 1.54) is 0 Å². The molecule has 0 aliphatic carbocycles. The second kappa shape index (κ2) is 8.83. The maximum atomic E-state index is 12.4. The Labute approximate surface area is 145 Å². The van der Waals surface area contributed by atoms with Gasteiger partial charge in [-0.1, -0.05) is 46.8 Å². The Bertz CT molecular complexity index is 545. The lowest BCUT2D eigenvalue weighted by Crippen LogP contribution is -2.50. The van der Waals surface area contributed by atoms with Gasteiger partial charge in [0.05, 0.1) is 6.61 Å². The highest BCUT2D eigenvalue weighted by Gasteiger charge is 2.24. The molecule has 0 bridgehead atoms. The number of ether oxygens (including phenoxy) is 1. The molecule has 1 atom stereocenters. The molecule has 1 aromatic carbocycles. The fourth-order valence-corrected chi connectivity index (χ4v) is 2.27. The van der Waals surface area contributed by atoms with E-state index in [9.17, 15) is 9.59 Å². The van der Waals surface area contributed by atoms with E-state index in [-0.39, 0.29) is 23.1 Å². The van der Waals surface area contributed by atoms with Gasteiger partial charge in [-0.2, -0.15) is 0 Å². The number of amides is 2. The highest BCUT2D eigenvalue weighted by atomic mass is 16.5. The van der Waals surface area contributed by atoms with Crippen molar-refractivity contribution in [3.63, 3.8) is 0 Å². The first-order chi connectivity index (χ1) is 11.2. The van der Waals surface area contributed by atoms with Crippen molar-refractivity contribution < 1.29 is 14.3 Å². The van der Waals surface area contributed by atoms with Crippen molar-refractivity contribution in [3.05, 3.63) is 35.4 Å². The quantitative estimate of drug-likeness (QED) is 0.753. The minimum atomic E-state index is -0.573. The van der Waals surface area contributed by atoms with E-state index < -0.39 is 6.04 Å². The maximum absolute atomic E-state index is 12.4. The Morgan fingerprint density at radius 1 is 1.12 bits per heavy atom. The Balaban J connectivity index is 2.76. The Morgan fingerprint density at radius 3 is 2.17 bits per heavy atom. The van der Waals surface area contributed by atoms with E-state index in [4.69, 9.17) is 4.74 Å². The monoisotopic (exact) mass is 334 g/mol. The van der Waals surface area contributed by atoms with E-state index in [0.717, 1.165) is 5.56 Å². The Kier molecular flexibility index (Phi) is 7.42. The SMILES string of the molecule is COCCNC(=O)[C@H](NC(=O)c1ccc(C(C)(C)C)cc1)C(C)C. The van der Waals surface area contributed by atoms with Crippen molar-refractivity contribution in [2.45, 2.75) is 46.1 Å². The van der Waals surface area contributed by atoms with E-state index in [1.807, 2.05) is 26.0 Å². The van der Waals surface area contributed by atoms with E-state index >= 15 is 0 Å². The number of methoxy groups -OCH3 is 1. The molecule has 134 valence electrons. The fourth-order valence-electron chi connectivity index (χ4n) is 2.27. The molecule has 5 nitrogen and oxygen atoms in total. The molecule has 0 spiro atoms. The van der Waals surface area contributed by atoms with Crippen molar-refractivity contribution in [1.29, 1.82) is 0 Å². The third-order valence-electron chi connectivity index (χ3n) is 3.85. The molecular weight excluding hydrogens is 304 g/mol. The van der Waals surface area contributed by atoms with Crippen LogP contribution in [-0.2, 0) is 14.9 Å². The maximum Gasteiger partial charge on any atom is 0.251 e. The molecule has 0 aromatic heterocycles. The van der Waals surface area contributed by atoms with Gasteiger partial charge in [0, 0.05) is 19.2 Å². The van der Waals surface area contributed by atoms with Gasteiger partial charge in [0.2, 0.25) is 5.91 Å². The summed E-state index contributed by atoms with van der Waals surface area (Å²) in [5, 5.41) is 5.60. The number of rotatable bonds is 7. The number of nitrogens with one attached hydrogen (secondary N) is 2. The summed E-state index contributed by atoms with van der Waals surface area (Å²) < 4.78 is 4.92. The van der Waals surface area contributed by atoms with Gasteiger partial charge in [0.1, 0.15) is 6.04 Å². The smallest absolute Gasteiger partial charge is 0.251 e. The number of hydrogen-bond donors (Lipinski definition) is 2. The summed E-state index contributed by atoms with van der Waals surface area (Å²) in [4.78, 5) is 24.7. The van der Waals surface area contributed by atoms with Crippen LogP contribution >= 0.6 is 0 Å². The lowest BCUT2D eigenvalue weighted by atomic mass is 9.86. The number of benzene rings is 1. The third kappa shape index (κ3) is 5.96. The van der Waals surface area contributed by atoms with Crippen LogP contribution in [0.25, 0.3) is 0 Å². The zero-order valence-electron chi connectivity index (χ0n) is 15.6. The molecule has 2 N–H and O–H groups in total. The molecule has 0 saturated heterocycles. The third-order valence-corrected chi connectivity index (χ3v) is 3.85. The molecule has 1 rings (SSSR count). The molecule has 0 unspecified atom stereocenters. The molecule has 2 amide bonds. The van der Waals surface area contributed by atoms with Gasteiger partial charge in [0.25, 0.3) is 5.91 Å².